The summed E-state index contributed by atoms with van der Waals surface area (Å²) in [5.41, 5.74) is 0. The van der Waals surface area contributed by atoms with Crippen LogP contribution in [0.5, 0.6) is 0 Å². The third-order valence-corrected chi connectivity index (χ3v) is 1.77. The minimum Gasteiger partial charge on any atom is -0.350 e. The molecular weight excluding hydrogens is 176 g/mol. The summed E-state index contributed by atoms with van der Waals surface area (Å²) >= 11 is 1.03. The van der Waals surface area contributed by atoms with Gasteiger partial charge in [-0.25, -0.2) is 0 Å². The van der Waals surface area contributed by atoms with Crippen molar-refractivity contribution >= 4 is 17.4 Å². The molecule has 0 unspecified atom stereocenters. The van der Waals surface area contributed by atoms with Gasteiger partial charge in [-0.1, -0.05) is 4.49 Å². The van der Waals surface area contributed by atoms with Gasteiger partial charge < -0.3 is 5.32 Å². The molecule has 62 valence electrons. The van der Waals surface area contributed by atoms with Gasteiger partial charge in [0.1, 0.15) is 4.88 Å². The molecule has 1 rings (SSSR count). The van der Waals surface area contributed by atoms with E-state index in [1.165, 1.54) is 6.20 Å². The van der Waals surface area contributed by atoms with E-state index in [2.05, 4.69) is 14.9 Å². The first-order valence-electron chi connectivity index (χ1n) is 3.27. The molecule has 1 amide bonds. The number of hydrogen-bond donors (Lipinski definition) is 1. The second-order valence-corrected chi connectivity index (χ2v) is 2.73. The van der Waals surface area contributed by atoms with Gasteiger partial charge >= 0.3 is 0 Å². The molecule has 0 atom stereocenters. The van der Waals surface area contributed by atoms with Crippen molar-refractivity contribution in [3.05, 3.63) is 11.1 Å². The molecule has 0 saturated heterocycles. The highest BCUT2D eigenvalue weighted by atomic mass is 32.1. The molecular formula is C6H6N4OS. The highest BCUT2D eigenvalue weighted by Gasteiger charge is 2.05. The van der Waals surface area contributed by atoms with Crippen LogP contribution in [0, 0.1) is 11.3 Å². The monoisotopic (exact) mass is 182 g/mol. The molecule has 1 heterocycles. The lowest BCUT2D eigenvalue weighted by Gasteiger charge is -1.96. The summed E-state index contributed by atoms with van der Waals surface area (Å²) in [6.45, 7) is 0.368. The molecule has 1 aromatic rings. The number of carbonyl (C=O) groups excluding carboxylic acids is 1. The molecule has 0 aliphatic carbocycles. The predicted molar refractivity (Wildman–Crippen MR) is 42.5 cm³/mol. The highest BCUT2D eigenvalue weighted by Crippen LogP contribution is 2.00. The van der Waals surface area contributed by atoms with Crippen LogP contribution in [-0.2, 0) is 0 Å². The van der Waals surface area contributed by atoms with Gasteiger partial charge in [0.15, 0.2) is 0 Å². The number of rotatable bonds is 3. The van der Waals surface area contributed by atoms with E-state index in [1.54, 1.807) is 0 Å². The first-order chi connectivity index (χ1) is 5.84. The largest absolute Gasteiger partial charge is 0.350 e. The average molecular weight is 182 g/mol. The molecule has 0 spiro atoms. The molecule has 0 radical (unpaired) electrons. The van der Waals surface area contributed by atoms with Crippen molar-refractivity contribution in [3.63, 3.8) is 0 Å². The van der Waals surface area contributed by atoms with Gasteiger partial charge in [-0.15, -0.1) is 5.10 Å². The maximum absolute atomic E-state index is 11.1. The fourth-order valence-electron chi connectivity index (χ4n) is 0.586. The van der Waals surface area contributed by atoms with Crippen molar-refractivity contribution in [2.24, 2.45) is 0 Å². The average Bonchev–Trinajstić information content (AvgIpc) is 2.56. The highest BCUT2D eigenvalue weighted by molar-refractivity contribution is 7.07. The van der Waals surface area contributed by atoms with Gasteiger partial charge in [0, 0.05) is 6.54 Å². The zero-order valence-electron chi connectivity index (χ0n) is 6.15. The van der Waals surface area contributed by atoms with Crippen LogP contribution in [0.3, 0.4) is 0 Å². The summed E-state index contributed by atoms with van der Waals surface area (Å²) in [4.78, 5) is 11.6. The number of nitrogens with one attached hydrogen (secondary N) is 1. The van der Waals surface area contributed by atoms with Crippen LogP contribution in [0.2, 0.25) is 0 Å². The van der Waals surface area contributed by atoms with Gasteiger partial charge in [0.25, 0.3) is 5.91 Å². The SMILES string of the molecule is N#CCCNC(=O)c1cnns1. The minimum absolute atomic E-state index is 0.222. The first kappa shape index (κ1) is 8.62. The predicted octanol–water partition coefficient (Wildman–Crippen LogP) is 0.182. The van der Waals surface area contributed by atoms with Crippen LogP contribution in [0.25, 0.3) is 0 Å². The van der Waals surface area contributed by atoms with Crippen molar-refractivity contribution in [2.75, 3.05) is 6.54 Å². The van der Waals surface area contributed by atoms with Crippen molar-refractivity contribution in [2.45, 2.75) is 6.42 Å². The summed E-state index contributed by atoms with van der Waals surface area (Å²) in [6, 6.07) is 1.93. The van der Waals surface area contributed by atoms with Gasteiger partial charge in [-0.2, -0.15) is 5.26 Å². The maximum Gasteiger partial charge on any atom is 0.264 e. The van der Waals surface area contributed by atoms with E-state index >= 15 is 0 Å². The Kier molecular flexibility index (Phi) is 3.17. The van der Waals surface area contributed by atoms with Crippen LogP contribution in [-0.4, -0.2) is 22.0 Å². The zero-order valence-corrected chi connectivity index (χ0v) is 6.97. The Labute approximate surface area is 73.2 Å². The van der Waals surface area contributed by atoms with Crippen molar-refractivity contribution in [1.29, 1.82) is 5.26 Å². The molecule has 0 aliphatic rings. The molecule has 6 heteroatoms. The Morgan fingerprint density at radius 1 is 1.83 bits per heavy atom. The van der Waals surface area contributed by atoms with Crippen LogP contribution < -0.4 is 5.32 Å². The number of carbonyl (C=O) groups is 1. The smallest absolute Gasteiger partial charge is 0.264 e. The summed E-state index contributed by atoms with van der Waals surface area (Å²) in [5.74, 6) is -0.222. The van der Waals surface area contributed by atoms with E-state index < -0.39 is 0 Å². The number of aromatic nitrogens is 2. The Hall–Kier alpha value is -1.48. The first-order valence-corrected chi connectivity index (χ1v) is 4.04. The molecule has 0 bridgehead atoms. The van der Waals surface area contributed by atoms with Crippen LogP contribution in [0.1, 0.15) is 16.1 Å². The fourth-order valence-corrected chi connectivity index (χ4v) is 1.02. The Morgan fingerprint density at radius 3 is 3.25 bits per heavy atom. The Morgan fingerprint density at radius 2 is 2.67 bits per heavy atom. The lowest BCUT2D eigenvalue weighted by molar-refractivity contribution is 0.0958. The summed E-state index contributed by atoms with van der Waals surface area (Å²) in [5, 5.41) is 14.3. The topological polar surface area (TPSA) is 78.7 Å². The van der Waals surface area contributed by atoms with Gasteiger partial charge in [-0.3, -0.25) is 4.79 Å². The van der Waals surface area contributed by atoms with Crippen molar-refractivity contribution in [1.82, 2.24) is 14.9 Å². The summed E-state index contributed by atoms with van der Waals surface area (Å²) in [6.07, 6.45) is 1.71. The molecule has 0 fully saturated rings. The van der Waals surface area contributed by atoms with E-state index in [0.29, 0.717) is 17.8 Å². The van der Waals surface area contributed by atoms with Gasteiger partial charge in [0.2, 0.25) is 0 Å². The van der Waals surface area contributed by atoms with Crippen LogP contribution >= 0.6 is 11.5 Å². The lowest BCUT2D eigenvalue weighted by atomic mass is 10.4. The van der Waals surface area contributed by atoms with E-state index in [4.69, 9.17) is 5.26 Å². The minimum atomic E-state index is -0.222. The van der Waals surface area contributed by atoms with Crippen molar-refractivity contribution < 1.29 is 4.79 Å². The molecule has 0 saturated carbocycles. The quantitative estimate of drug-likeness (QED) is 0.676. The molecule has 12 heavy (non-hydrogen) atoms. The second-order valence-electron chi connectivity index (χ2n) is 1.95. The number of nitrogens with zero attached hydrogens (tertiary/aromatic N) is 3. The Balaban J connectivity index is 2.36. The molecule has 0 aliphatic heterocycles. The molecule has 1 aromatic heterocycles. The van der Waals surface area contributed by atoms with Crippen LogP contribution in [0.4, 0.5) is 0 Å². The Bertz CT molecular complexity index is 289. The third-order valence-electron chi connectivity index (χ3n) is 1.11. The van der Waals surface area contributed by atoms with E-state index in [0.717, 1.165) is 11.5 Å². The standard InChI is InChI=1S/C6H6N4OS/c7-2-1-3-8-6(11)5-4-9-10-12-5/h4H,1,3H2,(H,8,11). The second kappa shape index (κ2) is 4.41. The van der Waals surface area contributed by atoms with Crippen LogP contribution in [0.15, 0.2) is 6.20 Å². The fraction of sp³-hybridized carbons (Fsp3) is 0.333. The van der Waals surface area contributed by atoms with E-state index in [9.17, 15) is 4.79 Å². The number of hydrogen-bond acceptors (Lipinski definition) is 5. The molecule has 5 nitrogen and oxygen atoms in total. The van der Waals surface area contributed by atoms with E-state index in [-0.39, 0.29) is 5.91 Å². The number of amides is 1. The van der Waals surface area contributed by atoms with E-state index in [1.807, 2.05) is 6.07 Å². The third kappa shape index (κ3) is 2.29. The van der Waals surface area contributed by atoms with Gasteiger partial charge in [-0.05, 0) is 11.5 Å². The molecule has 1 N–H and O–H groups in total. The summed E-state index contributed by atoms with van der Waals surface area (Å²) in [7, 11) is 0. The molecule has 0 aromatic carbocycles. The maximum atomic E-state index is 11.1. The van der Waals surface area contributed by atoms with Gasteiger partial charge in [0.05, 0.1) is 18.7 Å². The summed E-state index contributed by atoms with van der Waals surface area (Å²) < 4.78 is 3.54. The lowest BCUT2D eigenvalue weighted by Crippen LogP contribution is -2.23. The zero-order chi connectivity index (χ0) is 8.81. The van der Waals surface area contributed by atoms with Crippen molar-refractivity contribution in [3.8, 4) is 6.07 Å². The normalized spacial score (nSPS) is 8.92. The number of nitriles is 1.